The lowest BCUT2D eigenvalue weighted by molar-refractivity contribution is 0.102. The number of aromatic nitrogens is 1. The van der Waals surface area contributed by atoms with Crippen LogP contribution in [0.1, 0.15) is 34.2 Å². The lowest BCUT2D eigenvalue weighted by Crippen LogP contribution is -2.14. The Morgan fingerprint density at radius 2 is 1.76 bits per heavy atom. The molecular formula is C22H24N2O4S. The standard InChI is InChI=1S/C22H24N2O4S/c1-5-29(27,28)17-10-11-21(25)19(13-17)23-22(26)18-12-15(3)24(16(18)4)20-9-7-6-8-14(20)2/h6-13,25H,5H2,1-4H3,(H,23,26). The lowest BCUT2D eigenvalue weighted by Gasteiger charge is -2.13. The van der Waals surface area contributed by atoms with Gasteiger partial charge in [0.25, 0.3) is 5.91 Å². The lowest BCUT2D eigenvalue weighted by atomic mass is 10.2. The maximum atomic E-state index is 12.9. The SMILES string of the molecule is CCS(=O)(=O)c1ccc(O)c(NC(=O)c2cc(C)n(-c3ccccc3C)c2C)c1. The Kier molecular flexibility index (Phi) is 5.53. The van der Waals surface area contributed by atoms with Crippen LogP contribution in [0, 0.1) is 20.8 Å². The first kappa shape index (κ1) is 20.7. The number of aromatic hydroxyl groups is 1. The largest absolute Gasteiger partial charge is 0.506 e. The molecule has 1 aromatic heterocycles. The van der Waals surface area contributed by atoms with Gasteiger partial charge in [-0.05, 0) is 56.7 Å². The summed E-state index contributed by atoms with van der Waals surface area (Å²) >= 11 is 0. The van der Waals surface area contributed by atoms with Crippen molar-refractivity contribution in [3.05, 3.63) is 71.0 Å². The molecule has 152 valence electrons. The molecule has 0 bridgehead atoms. The van der Waals surface area contributed by atoms with Gasteiger partial charge in [0, 0.05) is 17.1 Å². The van der Waals surface area contributed by atoms with Crippen LogP contribution in [-0.4, -0.2) is 29.8 Å². The Balaban J connectivity index is 1.99. The van der Waals surface area contributed by atoms with E-state index in [0.29, 0.717) is 5.56 Å². The molecule has 0 radical (unpaired) electrons. The van der Waals surface area contributed by atoms with E-state index in [-0.39, 0.29) is 22.1 Å². The number of carbonyl (C=O) groups is 1. The maximum absolute atomic E-state index is 12.9. The predicted octanol–water partition coefficient (Wildman–Crippen LogP) is 4.15. The zero-order chi connectivity index (χ0) is 21.3. The van der Waals surface area contributed by atoms with Crippen molar-refractivity contribution >= 4 is 21.4 Å². The van der Waals surface area contributed by atoms with Crippen LogP contribution in [0.25, 0.3) is 5.69 Å². The van der Waals surface area contributed by atoms with Crippen molar-refractivity contribution < 1.29 is 18.3 Å². The molecule has 0 saturated heterocycles. The molecule has 0 saturated carbocycles. The Bertz CT molecular complexity index is 1190. The highest BCUT2D eigenvalue weighted by Crippen LogP contribution is 2.29. The first-order valence-corrected chi connectivity index (χ1v) is 10.9. The summed E-state index contributed by atoms with van der Waals surface area (Å²) in [6, 6.07) is 13.6. The first-order chi connectivity index (χ1) is 13.7. The van der Waals surface area contributed by atoms with Gasteiger partial charge >= 0.3 is 0 Å². The van der Waals surface area contributed by atoms with Crippen molar-refractivity contribution in [1.29, 1.82) is 0 Å². The minimum atomic E-state index is -3.46. The number of hydrogen-bond donors (Lipinski definition) is 2. The number of benzene rings is 2. The second-order valence-electron chi connectivity index (χ2n) is 6.94. The van der Waals surface area contributed by atoms with Crippen molar-refractivity contribution in [3.63, 3.8) is 0 Å². The Labute approximate surface area is 170 Å². The molecule has 0 aliphatic carbocycles. The number of aryl methyl sites for hydroxylation is 2. The van der Waals surface area contributed by atoms with Crippen LogP contribution < -0.4 is 5.32 Å². The Morgan fingerprint density at radius 1 is 1.07 bits per heavy atom. The highest BCUT2D eigenvalue weighted by molar-refractivity contribution is 7.91. The number of anilines is 1. The third-order valence-electron chi connectivity index (χ3n) is 4.99. The number of rotatable bonds is 5. The van der Waals surface area contributed by atoms with Crippen LogP contribution in [0.3, 0.4) is 0 Å². The maximum Gasteiger partial charge on any atom is 0.257 e. The number of phenols is 1. The molecular weight excluding hydrogens is 388 g/mol. The number of nitrogens with zero attached hydrogens (tertiary/aromatic N) is 1. The van der Waals surface area contributed by atoms with Gasteiger partial charge in [-0.1, -0.05) is 25.1 Å². The fourth-order valence-electron chi connectivity index (χ4n) is 3.34. The molecule has 1 heterocycles. The summed E-state index contributed by atoms with van der Waals surface area (Å²) in [5, 5.41) is 12.7. The molecule has 3 rings (SSSR count). The normalized spacial score (nSPS) is 11.4. The molecule has 1 amide bonds. The molecule has 3 aromatic rings. The summed E-state index contributed by atoms with van der Waals surface area (Å²) in [7, 11) is -3.46. The molecule has 29 heavy (non-hydrogen) atoms. The van der Waals surface area contributed by atoms with E-state index in [0.717, 1.165) is 22.6 Å². The van der Waals surface area contributed by atoms with Gasteiger partial charge in [0.05, 0.1) is 21.9 Å². The van der Waals surface area contributed by atoms with Gasteiger partial charge in [-0.2, -0.15) is 0 Å². The van der Waals surface area contributed by atoms with Crippen LogP contribution in [0.5, 0.6) is 5.75 Å². The minimum Gasteiger partial charge on any atom is -0.506 e. The second kappa shape index (κ2) is 7.75. The average Bonchev–Trinajstić information content (AvgIpc) is 2.98. The van der Waals surface area contributed by atoms with Crippen molar-refractivity contribution in [2.45, 2.75) is 32.6 Å². The van der Waals surface area contributed by atoms with Gasteiger partial charge in [-0.3, -0.25) is 4.79 Å². The summed E-state index contributed by atoms with van der Waals surface area (Å²) in [6.07, 6.45) is 0. The summed E-state index contributed by atoms with van der Waals surface area (Å²) < 4.78 is 26.2. The third-order valence-corrected chi connectivity index (χ3v) is 6.72. The van der Waals surface area contributed by atoms with Crippen LogP contribution >= 0.6 is 0 Å². The van der Waals surface area contributed by atoms with Gasteiger partial charge in [0.2, 0.25) is 0 Å². The van der Waals surface area contributed by atoms with Crippen molar-refractivity contribution in [3.8, 4) is 11.4 Å². The van der Waals surface area contributed by atoms with E-state index in [1.165, 1.54) is 18.2 Å². The van der Waals surface area contributed by atoms with E-state index in [9.17, 15) is 18.3 Å². The summed E-state index contributed by atoms with van der Waals surface area (Å²) in [5.41, 5.74) is 4.23. The average molecular weight is 413 g/mol. The minimum absolute atomic E-state index is 0.0542. The summed E-state index contributed by atoms with van der Waals surface area (Å²) in [4.78, 5) is 13.0. The predicted molar refractivity (Wildman–Crippen MR) is 114 cm³/mol. The van der Waals surface area contributed by atoms with Gasteiger partial charge in [0.1, 0.15) is 5.75 Å². The van der Waals surface area contributed by atoms with Crippen molar-refractivity contribution in [2.75, 3.05) is 11.1 Å². The van der Waals surface area contributed by atoms with E-state index >= 15 is 0 Å². The van der Waals surface area contributed by atoms with E-state index in [1.54, 1.807) is 13.0 Å². The number of hydrogen-bond acceptors (Lipinski definition) is 4. The topological polar surface area (TPSA) is 88.4 Å². The van der Waals surface area contributed by atoms with E-state index in [2.05, 4.69) is 5.32 Å². The summed E-state index contributed by atoms with van der Waals surface area (Å²) in [6.45, 7) is 7.32. The number of para-hydroxylation sites is 1. The van der Waals surface area contributed by atoms with E-state index in [1.807, 2.05) is 49.6 Å². The van der Waals surface area contributed by atoms with Crippen LogP contribution in [0.4, 0.5) is 5.69 Å². The molecule has 0 aliphatic rings. The van der Waals surface area contributed by atoms with E-state index in [4.69, 9.17) is 0 Å². The Hall–Kier alpha value is -3.06. The Morgan fingerprint density at radius 3 is 2.41 bits per heavy atom. The van der Waals surface area contributed by atoms with Gasteiger partial charge in [0.15, 0.2) is 9.84 Å². The molecule has 2 N–H and O–H groups in total. The monoisotopic (exact) mass is 412 g/mol. The van der Waals surface area contributed by atoms with Crippen LogP contribution in [-0.2, 0) is 9.84 Å². The molecule has 0 spiro atoms. The number of phenolic OH excluding ortho intramolecular Hbond substituents is 1. The number of carbonyl (C=O) groups excluding carboxylic acids is 1. The molecule has 0 aliphatic heterocycles. The molecule has 0 atom stereocenters. The van der Waals surface area contributed by atoms with E-state index < -0.39 is 15.7 Å². The zero-order valence-electron chi connectivity index (χ0n) is 16.9. The second-order valence-corrected chi connectivity index (χ2v) is 9.22. The third kappa shape index (κ3) is 3.91. The fraction of sp³-hybridized carbons (Fsp3) is 0.227. The number of amides is 1. The fourth-order valence-corrected chi connectivity index (χ4v) is 4.25. The molecule has 7 heteroatoms. The number of nitrogens with one attached hydrogen (secondary N) is 1. The number of sulfone groups is 1. The molecule has 0 unspecified atom stereocenters. The molecule has 0 fully saturated rings. The van der Waals surface area contributed by atoms with Crippen LogP contribution in [0.2, 0.25) is 0 Å². The highest BCUT2D eigenvalue weighted by atomic mass is 32.2. The van der Waals surface area contributed by atoms with Crippen LogP contribution in [0.15, 0.2) is 53.4 Å². The quantitative estimate of drug-likeness (QED) is 0.616. The van der Waals surface area contributed by atoms with Crippen molar-refractivity contribution in [2.24, 2.45) is 0 Å². The van der Waals surface area contributed by atoms with Crippen molar-refractivity contribution in [1.82, 2.24) is 4.57 Å². The molecule has 2 aromatic carbocycles. The highest BCUT2D eigenvalue weighted by Gasteiger charge is 2.20. The smallest absolute Gasteiger partial charge is 0.257 e. The van der Waals surface area contributed by atoms with Gasteiger partial charge < -0.3 is 15.0 Å². The summed E-state index contributed by atoms with van der Waals surface area (Å²) in [5.74, 6) is -0.677. The zero-order valence-corrected chi connectivity index (χ0v) is 17.7. The molecule has 6 nitrogen and oxygen atoms in total. The van der Waals surface area contributed by atoms with Gasteiger partial charge in [-0.25, -0.2) is 8.42 Å². The van der Waals surface area contributed by atoms with Gasteiger partial charge in [-0.15, -0.1) is 0 Å². The first-order valence-electron chi connectivity index (χ1n) is 9.27.